The highest BCUT2D eigenvalue weighted by Crippen LogP contribution is 2.00. The normalized spacial score (nSPS) is 11.6. The third-order valence-electron chi connectivity index (χ3n) is 0.586. The first kappa shape index (κ1) is 7.16. The molecule has 0 fully saturated rings. The van der Waals surface area contributed by atoms with Crippen molar-refractivity contribution in [3.05, 3.63) is 11.9 Å². The predicted octanol–water partition coefficient (Wildman–Crippen LogP) is 2.02. The van der Waals surface area contributed by atoms with E-state index in [1.807, 2.05) is 13.8 Å². The van der Waals surface area contributed by atoms with Crippen molar-refractivity contribution in [1.82, 2.24) is 0 Å². The summed E-state index contributed by atoms with van der Waals surface area (Å²) in [5.41, 5.74) is 0. The summed E-state index contributed by atoms with van der Waals surface area (Å²) in [6.45, 7) is 3.63. The third-order valence-corrected chi connectivity index (χ3v) is 0.586. The second kappa shape index (κ2) is 3.20. The lowest BCUT2D eigenvalue weighted by Crippen LogP contribution is -1.78. The van der Waals surface area contributed by atoms with E-state index in [-0.39, 0.29) is 5.92 Å². The summed E-state index contributed by atoms with van der Waals surface area (Å²) in [6, 6.07) is 1.39. The Labute approximate surface area is 48.4 Å². The van der Waals surface area contributed by atoms with E-state index in [1.165, 1.54) is 12.1 Å². The molecule has 0 saturated carbocycles. The minimum atomic E-state index is -0.694. The fraction of sp³-hybridized carbons (Fsp3) is 0.500. The minimum Gasteiger partial charge on any atom is -0.195 e. The van der Waals surface area contributed by atoms with E-state index >= 15 is 0 Å². The van der Waals surface area contributed by atoms with E-state index in [1.54, 1.807) is 0 Å². The molecule has 44 valence electrons. The zero-order valence-electron chi connectivity index (χ0n) is 4.98. The van der Waals surface area contributed by atoms with Crippen molar-refractivity contribution in [1.29, 1.82) is 5.26 Å². The Balaban J connectivity index is 3.80. The van der Waals surface area contributed by atoms with Crippen LogP contribution in [-0.4, -0.2) is 0 Å². The van der Waals surface area contributed by atoms with Crippen LogP contribution in [0.5, 0.6) is 0 Å². The fourth-order valence-corrected chi connectivity index (χ4v) is 0.330. The molecule has 0 unspecified atom stereocenters. The van der Waals surface area contributed by atoms with Crippen LogP contribution in [0.2, 0.25) is 0 Å². The Kier molecular flexibility index (Phi) is 2.86. The first-order chi connectivity index (χ1) is 3.66. The molecule has 0 amide bonds. The van der Waals surface area contributed by atoms with Crippen LogP contribution in [0, 0.1) is 17.2 Å². The summed E-state index contributed by atoms with van der Waals surface area (Å²) in [7, 11) is 0. The lowest BCUT2D eigenvalue weighted by molar-refractivity contribution is 0.649. The van der Waals surface area contributed by atoms with Crippen molar-refractivity contribution in [3.8, 4) is 6.07 Å². The standard InChI is InChI=1S/C6H8FN/c1-5(2)3-6(7)4-8/h3,5H,1-2H3/b6-3+. The maximum atomic E-state index is 11.9. The van der Waals surface area contributed by atoms with Gasteiger partial charge in [0, 0.05) is 0 Å². The van der Waals surface area contributed by atoms with Crippen LogP contribution >= 0.6 is 0 Å². The van der Waals surface area contributed by atoms with Crippen molar-refractivity contribution in [2.45, 2.75) is 13.8 Å². The highest BCUT2D eigenvalue weighted by Gasteiger charge is 1.90. The molecule has 0 spiro atoms. The molecule has 0 bridgehead atoms. The fourth-order valence-electron chi connectivity index (χ4n) is 0.330. The maximum Gasteiger partial charge on any atom is 0.196 e. The molecular weight excluding hydrogens is 105 g/mol. The molecular formula is C6H8FN. The summed E-state index contributed by atoms with van der Waals surface area (Å²) in [6.07, 6.45) is 1.28. The van der Waals surface area contributed by atoms with Crippen molar-refractivity contribution < 1.29 is 4.39 Å². The molecule has 0 N–H and O–H groups in total. The summed E-state index contributed by atoms with van der Waals surface area (Å²) in [4.78, 5) is 0. The molecule has 0 heterocycles. The predicted molar refractivity (Wildman–Crippen MR) is 29.6 cm³/mol. The van der Waals surface area contributed by atoms with E-state index in [4.69, 9.17) is 5.26 Å². The van der Waals surface area contributed by atoms with Crippen molar-refractivity contribution in [2.24, 2.45) is 5.92 Å². The number of nitriles is 1. The van der Waals surface area contributed by atoms with Gasteiger partial charge in [0.15, 0.2) is 5.83 Å². The second-order valence-electron chi connectivity index (χ2n) is 1.87. The highest BCUT2D eigenvalue weighted by atomic mass is 19.1. The molecule has 0 aliphatic heterocycles. The minimum absolute atomic E-state index is 0.120. The van der Waals surface area contributed by atoms with Gasteiger partial charge in [0.2, 0.25) is 0 Å². The second-order valence-corrected chi connectivity index (χ2v) is 1.87. The number of nitrogens with zero attached hydrogens (tertiary/aromatic N) is 1. The van der Waals surface area contributed by atoms with Crippen molar-refractivity contribution >= 4 is 0 Å². The first-order valence-corrected chi connectivity index (χ1v) is 2.44. The van der Waals surface area contributed by atoms with Gasteiger partial charge in [0.05, 0.1) is 0 Å². The topological polar surface area (TPSA) is 23.8 Å². The average Bonchev–Trinajstić information content (AvgIpc) is 1.65. The molecule has 0 saturated heterocycles. The van der Waals surface area contributed by atoms with E-state index < -0.39 is 5.83 Å². The van der Waals surface area contributed by atoms with E-state index in [9.17, 15) is 4.39 Å². The summed E-state index contributed by atoms with van der Waals surface area (Å²) in [5, 5.41) is 7.89. The Morgan fingerprint density at radius 2 is 2.25 bits per heavy atom. The van der Waals surface area contributed by atoms with Crippen LogP contribution in [-0.2, 0) is 0 Å². The van der Waals surface area contributed by atoms with Crippen LogP contribution in [0.3, 0.4) is 0 Å². The summed E-state index contributed by atoms with van der Waals surface area (Å²) < 4.78 is 11.9. The Morgan fingerprint density at radius 3 is 2.38 bits per heavy atom. The molecule has 0 rings (SSSR count). The van der Waals surface area contributed by atoms with Crippen LogP contribution in [0.25, 0.3) is 0 Å². The molecule has 8 heavy (non-hydrogen) atoms. The molecule has 0 aromatic carbocycles. The molecule has 0 aliphatic rings. The van der Waals surface area contributed by atoms with Gasteiger partial charge in [-0.3, -0.25) is 0 Å². The van der Waals surface area contributed by atoms with Crippen LogP contribution in [0.15, 0.2) is 11.9 Å². The van der Waals surface area contributed by atoms with Crippen molar-refractivity contribution in [2.75, 3.05) is 0 Å². The van der Waals surface area contributed by atoms with Gasteiger partial charge in [0.25, 0.3) is 0 Å². The smallest absolute Gasteiger partial charge is 0.195 e. The van der Waals surface area contributed by atoms with Gasteiger partial charge in [0.1, 0.15) is 6.07 Å². The van der Waals surface area contributed by atoms with Gasteiger partial charge in [-0.25, -0.2) is 0 Å². The van der Waals surface area contributed by atoms with E-state index in [0.29, 0.717) is 0 Å². The Morgan fingerprint density at radius 1 is 1.75 bits per heavy atom. The largest absolute Gasteiger partial charge is 0.196 e. The van der Waals surface area contributed by atoms with Gasteiger partial charge < -0.3 is 0 Å². The average molecular weight is 113 g/mol. The maximum absolute atomic E-state index is 11.9. The first-order valence-electron chi connectivity index (χ1n) is 2.44. The van der Waals surface area contributed by atoms with E-state index in [0.717, 1.165) is 0 Å². The van der Waals surface area contributed by atoms with Crippen LogP contribution in [0.1, 0.15) is 13.8 Å². The monoisotopic (exact) mass is 113 g/mol. The van der Waals surface area contributed by atoms with E-state index in [2.05, 4.69) is 0 Å². The van der Waals surface area contributed by atoms with Gasteiger partial charge >= 0.3 is 0 Å². The Hall–Kier alpha value is -0.840. The number of allylic oxidation sites excluding steroid dienone is 2. The summed E-state index contributed by atoms with van der Waals surface area (Å²) >= 11 is 0. The molecule has 0 aliphatic carbocycles. The molecule has 0 atom stereocenters. The van der Waals surface area contributed by atoms with Crippen LogP contribution in [0.4, 0.5) is 4.39 Å². The van der Waals surface area contributed by atoms with Crippen molar-refractivity contribution in [3.63, 3.8) is 0 Å². The molecule has 0 aromatic rings. The lowest BCUT2D eigenvalue weighted by Gasteiger charge is -1.88. The van der Waals surface area contributed by atoms with Gasteiger partial charge in [-0.15, -0.1) is 0 Å². The number of hydrogen-bond acceptors (Lipinski definition) is 1. The number of rotatable bonds is 1. The Bertz CT molecular complexity index is 130. The lowest BCUT2D eigenvalue weighted by atomic mass is 10.2. The third kappa shape index (κ3) is 3.35. The molecule has 0 aromatic heterocycles. The number of halogens is 1. The molecule has 2 heteroatoms. The number of hydrogen-bond donors (Lipinski definition) is 0. The van der Waals surface area contributed by atoms with Gasteiger partial charge in [-0.2, -0.15) is 9.65 Å². The van der Waals surface area contributed by atoms with Crippen LogP contribution < -0.4 is 0 Å². The zero-order chi connectivity index (χ0) is 6.57. The highest BCUT2D eigenvalue weighted by molar-refractivity contribution is 5.12. The quantitative estimate of drug-likeness (QED) is 0.477. The zero-order valence-corrected chi connectivity index (χ0v) is 4.98. The van der Waals surface area contributed by atoms with Gasteiger partial charge in [-0.1, -0.05) is 13.8 Å². The SMILES string of the molecule is CC(C)/C=C(/F)C#N. The molecule has 0 radical (unpaired) electrons. The summed E-state index contributed by atoms with van der Waals surface area (Å²) in [5.74, 6) is -0.574. The molecule has 1 nitrogen and oxygen atoms in total. The van der Waals surface area contributed by atoms with Gasteiger partial charge in [-0.05, 0) is 12.0 Å².